The van der Waals surface area contributed by atoms with Crippen LogP contribution in [0.5, 0.6) is 0 Å². The Hall–Kier alpha value is -0.530. The summed E-state index contributed by atoms with van der Waals surface area (Å²) in [5.74, 6) is 1.15. The Morgan fingerprint density at radius 1 is 0.667 bits per heavy atom. The molecule has 1 N–H and O–H groups in total. The first-order valence-electron chi connectivity index (χ1n) is 11.0. The summed E-state index contributed by atoms with van der Waals surface area (Å²) < 4.78 is 0. The quantitative estimate of drug-likeness (QED) is 0.267. The maximum atomic E-state index is 11.8. The van der Waals surface area contributed by atoms with Crippen molar-refractivity contribution in [3.63, 3.8) is 0 Å². The number of unbranched alkanes of at least 4 members (excludes halogenated alkanes) is 8. The predicted octanol–water partition coefficient (Wildman–Crippen LogP) is 7.02. The standard InChI is InChI=1S/C22H45NO/c1-4-7-10-11-14-19-22(24)23-20-15-18-21(16-12-8-5-2)17-13-9-6-3/h21H,4-20H2,1-3H3,(H,23,24). The highest BCUT2D eigenvalue weighted by Crippen LogP contribution is 2.22. The summed E-state index contributed by atoms with van der Waals surface area (Å²) in [5.41, 5.74) is 0. The highest BCUT2D eigenvalue weighted by Gasteiger charge is 2.09. The van der Waals surface area contributed by atoms with E-state index in [1.165, 1.54) is 83.5 Å². The van der Waals surface area contributed by atoms with E-state index in [-0.39, 0.29) is 5.91 Å². The molecule has 0 aromatic rings. The largest absolute Gasteiger partial charge is 0.356 e. The Morgan fingerprint density at radius 3 is 1.75 bits per heavy atom. The Kier molecular flexibility index (Phi) is 18.4. The smallest absolute Gasteiger partial charge is 0.219 e. The molecule has 0 heterocycles. The van der Waals surface area contributed by atoms with E-state index in [0.29, 0.717) is 0 Å². The molecular weight excluding hydrogens is 294 g/mol. The van der Waals surface area contributed by atoms with Gasteiger partial charge in [0.25, 0.3) is 0 Å². The minimum Gasteiger partial charge on any atom is -0.356 e. The number of carbonyl (C=O) groups excluding carboxylic acids is 1. The summed E-state index contributed by atoms with van der Waals surface area (Å²) in [7, 11) is 0. The van der Waals surface area contributed by atoms with Crippen molar-refractivity contribution in [2.24, 2.45) is 5.92 Å². The number of hydrogen-bond donors (Lipinski definition) is 1. The van der Waals surface area contributed by atoms with Crippen molar-refractivity contribution in [1.82, 2.24) is 5.32 Å². The monoisotopic (exact) mass is 339 g/mol. The van der Waals surface area contributed by atoms with Crippen molar-refractivity contribution in [3.05, 3.63) is 0 Å². The first kappa shape index (κ1) is 23.5. The zero-order chi connectivity index (χ0) is 17.9. The molecule has 0 bridgehead atoms. The molecule has 2 heteroatoms. The zero-order valence-electron chi connectivity index (χ0n) is 17.0. The van der Waals surface area contributed by atoms with Crippen LogP contribution in [0, 0.1) is 5.92 Å². The molecule has 0 aromatic heterocycles. The molecule has 0 atom stereocenters. The van der Waals surface area contributed by atoms with Gasteiger partial charge in [0.15, 0.2) is 0 Å². The lowest BCUT2D eigenvalue weighted by molar-refractivity contribution is -0.121. The molecule has 0 saturated heterocycles. The lowest BCUT2D eigenvalue weighted by atomic mass is 9.91. The maximum Gasteiger partial charge on any atom is 0.219 e. The molecule has 0 aliphatic rings. The molecule has 0 aliphatic heterocycles. The van der Waals surface area contributed by atoms with Gasteiger partial charge in [-0.2, -0.15) is 0 Å². The number of hydrogen-bond acceptors (Lipinski definition) is 1. The van der Waals surface area contributed by atoms with Crippen molar-refractivity contribution in [3.8, 4) is 0 Å². The van der Waals surface area contributed by atoms with Crippen LogP contribution in [0.1, 0.15) is 124 Å². The second-order valence-electron chi connectivity index (χ2n) is 7.51. The van der Waals surface area contributed by atoms with Crippen LogP contribution in [-0.2, 0) is 4.79 Å². The third kappa shape index (κ3) is 16.3. The topological polar surface area (TPSA) is 29.1 Å². The number of rotatable bonds is 18. The maximum absolute atomic E-state index is 11.8. The molecule has 0 aromatic carbocycles. The van der Waals surface area contributed by atoms with E-state index in [1.54, 1.807) is 0 Å². The molecule has 0 spiro atoms. The number of carbonyl (C=O) groups is 1. The van der Waals surface area contributed by atoms with Crippen LogP contribution in [0.25, 0.3) is 0 Å². The lowest BCUT2D eigenvalue weighted by Gasteiger charge is -2.17. The van der Waals surface area contributed by atoms with Gasteiger partial charge >= 0.3 is 0 Å². The van der Waals surface area contributed by atoms with Crippen LogP contribution < -0.4 is 5.32 Å². The summed E-state index contributed by atoms with van der Waals surface area (Å²) in [5, 5.41) is 3.12. The van der Waals surface area contributed by atoms with Gasteiger partial charge < -0.3 is 5.32 Å². The number of amides is 1. The highest BCUT2D eigenvalue weighted by molar-refractivity contribution is 5.75. The van der Waals surface area contributed by atoms with Crippen molar-refractivity contribution in [2.45, 2.75) is 124 Å². The van der Waals surface area contributed by atoms with Gasteiger partial charge in [-0.1, -0.05) is 97.8 Å². The molecule has 144 valence electrons. The summed E-state index contributed by atoms with van der Waals surface area (Å²) in [6.45, 7) is 7.67. The van der Waals surface area contributed by atoms with Crippen molar-refractivity contribution in [2.75, 3.05) is 6.54 Å². The molecule has 0 radical (unpaired) electrons. The SMILES string of the molecule is CCCCCCCC(=O)NCCCC(CCCCC)CCCCC. The van der Waals surface area contributed by atoms with Gasteiger partial charge in [-0.25, -0.2) is 0 Å². The van der Waals surface area contributed by atoms with Crippen molar-refractivity contribution in [1.29, 1.82) is 0 Å². The van der Waals surface area contributed by atoms with Gasteiger partial charge in [0, 0.05) is 13.0 Å². The van der Waals surface area contributed by atoms with E-state index < -0.39 is 0 Å². The fourth-order valence-electron chi connectivity index (χ4n) is 3.40. The third-order valence-corrected chi connectivity index (χ3v) is 5.05. The molecule has 0 fully saturated rings. The van der Waals surface area contributed by atoms with E-state index in [2.05, 4.69) is 26.1 Å². The molecule has 0 aliphatic carbocycles. The van der Waals surface area contributed by atoms with E-state index in [1.807, 2.05) is 0 Å². The Balaban J connectivity index is 3.69. The average Bonchev–Trinajstić information content (AvgIpc) is 2.58. The van der Waals surface area contributed by atoms with Crippen LogP contribution >= 0.6 is 0 Å². The third-order valence-electron chi connectivity index (χ3n) is 5.05. The summed E-state index contributed by atoms with van der Waals surface area (Å²) >= 11 is 0. The van der Waals surface area contributed by atoms with Gasteiger partial charge in [0.05, 0.1) is 0 Å². The predicted molar refractivity (Wildman–Crippen MR) is 107 cm³/mol. The average molecular weight is 340 g/mol. The van der Waals surface area contributed by atoms with E-state index in [4.69, 9.17) is 0 Å². The fraction of sp³-hybridized carbons (Fsp3) is 0.955. The summed E-state index contributed by atoms with van der Waals surface area (Å²) in [4.78, 5) is 11.8. The molecular formula is C22H45NO. The van der Waals surface area contributed by atoms with Gasteiger partial charge in [0.2, 0.25) is 5.91 Å². The van der Waals surface area contributed by atoms with E-state index >= 15 is 0 Å². The first-order chi connectivity index (χ1) is 11.7. The van der Waals surface area contributed by atoms with Crippen LogP contribution in [0.2, 0.25) is 0 Å². The Morgan fingerprint density at radius 2 is 1.17 bits per heavy atom. The van der Waals surface area contributed by atoms with Crippen LogP contribution in [0.15, 0.2) is 0 Å². The van der Waals surface area contributed by atoms with Gasteiger partial charge in [-0.3, -0.25) is 4.79 Å². The van der Waals surface area contributed by atoms with Crippen LogP contribution in [0.4, 0.5) is 0 Å². The minimum absolute atomic E-state index is 0.264. The molecule has 0 rings (SSSR count). The molecule has 0 unspecified atom stereocenters. The second kappa shape index (κ2) is 18.8. The van der Waals surface area contributed by atoms with Crippen LogP contribution in [-0.4, -0.2) is 12.5 Å². The molecule has 24 heavy (non-hydrogen) atoms. The molecule has 1 amide bonds. The summed E-state index contributed by atoms with van der Waals surface area (Å²) in [6.07, 6.45) is 20.2. The minimum atomic E-state index is 0.264. The van der Waals surface area contributed by atoms with Crippen molar-refractivity contribution >= 4 is 5.91 Å². The van der Waals surface area contributed by atoms with Crippen LogP contribution in [0.3, 0.4) is 0 Å². The van der Waals surface area contributed by atoms with E-state index in [0.717, 1.165) is 31.7 Å². The molecule has 2 nitrogen and oxygen atoms in total. The zero-order valence-corrected chi connectivity index (χ0v) is 17.0. The van der Waals surface area contributed by atoms with E-state index in [9.17, 15) is 4.79 Å². The molecule has 0 saturated carbocycles. The number of nitrogens with one attached hydrogen (secondary N) is 1. The van der Waals surface area contributed by atoms with Gasteiger partial charge in [-0.15, -0.1) is 0 Å². The first-order valence-corrected chi connectivity index (χ1v) is 11.0. The highest BCUT2D eigenvalue weighted by atomic mass is 16.1. The fourth-order valence-corrected chi connectivity index (χ4v) is 3.40. The summed E-state index contributed by atoms with van der Waals surface area (Å²) in [6, 6.07) is 0. The lowest BCUT2D eigenvalue weighted by Crippen LogP contribution is -2.24. The van der Waals surface area contributed by atoms with Gasteiger partial charge in [0.1, 0.15) is 0 Å². The Bertz CT molecular complexity index is 255. The normalized spacial score (nSPS) is 11.2. The Labute approximate surface area is 152 Å². The van der Waals surface area contributed by atoms with Gasteiger partial charge in [-0.05, 0) is 25.2 Å². The van der Waals surface area contributed by atoms with Crippen molar-refractivity contribution < 1.29 is 4.79 Å². The second-order valence-corrected chi connectivity index (χ2v) is 7.51.